The second kappa shape index (κ2) is 7.09. The lowest BCUT2D eigenvalue weighted by molar-refractivity contribution is -0.188. The maximum absolute atomic E-state index is 6.41. The van der Waals surface area contributed by atoms with E-state index in [1.807, 2.05) is 17.3 Å². The van der Waals surface area contributed by atoms with Crippen molar-refractivity contribution in [1.29, 1.82) is 0 Å². The Labute approximate surface area is 145 Å². The molecule has 1 N–H and O–H groups in total. The zero-order valence-electron chi connectivity index (χ0n) is 12.8. The second-order valence-electron chi connectivity index (χ2n) is 5.55. The molecule has 2 aliphatic heterocycles. The van der Waals surface area contributed by atoms with Crippen molar-refractivity contribution in [2.75, 3.05) is 13.2 Å². The van der Waals surface area contributed by atoms with Crippen molar-refractivity contribution in [3.05, 3.63) is 46.2 Å². The highest BCUT2D eigenvalue weighted by atomic mass is 35.5. The minimum Gasteiger partial charge on any atom is -0.342 e. The van der Waals surface area contributed by atoms with E-state index in [0.717, 1.165) is 18.4 Å². The van der Waals surface area contributed by atoms with Crippen molar-refractivity contribution in [3.63, 3.8) is 0 Å². The molecule has 5 nitrogen and oxygen atoms in total. The lowest BCUT2D eigenvalue weighted by Gasteiger charge is -2.34. The van der Waals surface area contributed by atoms with Gasteiger partial charge in [0.25, 0.3) is 0 Å². The van der Waals surface area contributed by atoms with Crippen molar-refractivity contribution < 1.29 is 9.47 Å². The van der Waals surface area contributed by atoms with Gasteiger partial charge in [-0.05, 0) is 18.6 Å². The van der Waals surface area contributed by atoms with Crippen LogP contribution < -0.4 is 5.43 Å². The fourth-order valence-electron chi connectivity index (χ4n) is 2.77. The van der Waals surface area contributed by atoms with Gasteiger partial charge in [0, 0.05) is 23.0 Å². The average molecular weight is 356 g/mol. The van der Waals surface area contributed by atoms with Gasteiger partial charge < -0.3 is 9.47 Å². The van der Waals surface area contributed by atoms with Crippen LogP contribution in [0.15, 0.2) is 35.6 Å². The van der Waals surface area contributed by atoms with Gasteiger partial charge in [0.15, 0.2) is 0 Å². The van der Waals surface area contributed by atoms with E-state index < -0.39 is 5.79 Å². The van der Waals surface area contributed by atoms with Crippen LogP contribution in [0.25, 0.3) is 0 Å². The Balaban J connectivity index is 1.90. The molecule has 124 valence electrons. The Bertz CT molecular complexity index is 623. The number of nitrogens with zero attached hydrogens (tertiary/aromatic N) is 2. The van der Waals surface area contributed by atoms with Crippen LogP contribution >= 0.6 is 23.2 Å². The van der Waals surface area contributed by atoms with Gasteiger partial charge in [-0.15, -0.1) is 0 Å². The van der Waals surface area contributed by atoms with Gasteiger partial charge in [-0.3, -0.25) is 10.4 Å². The standard InChI is InChI=1S/C16H19Cl2N3O2/c1-2-3-13-9-22-16(23-13,10-21-7-6-19-11-20-21)14-5-4-12(17)8-15(14)18/h4-8,11,13H,2-3,9-10H2,1H3,(H,19,20). The van der Waals surface area contributed by atoms with Gasteiger partial charge in [-0.2, -0.15) is 0 Å². The Kier molecular flexibility index (Phi) is 5.11. The Morgan fingerprint density at radius 2 is 2.30 bits per heavy atom. The molecule has 0 radical (unpaired) electrons. The summed E-state index contributed by atoms with van der Waals surface area (Å²) in [6.45, 7) is 3.11. The average Bonchev–Trinajstić information content (AvgIpc) is 2.92. The third kappa shape index (κ3) is 3.63. The third-order valence-electron chi connectivity index (χ3n) is 3.82. The first-order chi connectivity index (χ1) is 11.1. The van der Waals surface area contributed by atoms with E-state index >= 15 is 0 Å². The first-order valence-electron chi connectivity index (χ1n) is 7.61. The smallest absolute Gasteiger partial charge is 0.217 e. The van der Waals surface area contributed by atoms with Crippen LogP contribution in [0, 0.1) is 0 Å². The van der Waals surface area contributed by atoms with Crippen molar-refractivity contribution in [3.8, 4) is 0 Å². The monoisotopic (exact) mass is 355 g/mol. The molecule has 2 heterocycles. The number of nitrogens with one attached hydrogen (secondary N) is 1. The van der Waals surface area contributed by atoms with Crippen molar-refractivity contribution >= 4 is 29.5 Å². The van der Waals surface area contributed by atoms with E-state index in [2.05, 4.69) is 17.3 Å². The number of halogens is 2. The van der Waals surface area contributed by atoms with Crippen LogP contribution in [-0.4, -0.2) is 30.6 Å². The summed E-state index contributed by atoms with van der Waals surface area (Å²) >= 11 is 12.4. The number of hydrogen-bond donors (Lipinski definition) is 1. The zero-order valence-corrected chi connectivity index (χ0v) is 14.3. The molecule has 23 heavy (non-hydrogen) atoms. The number of benzene rings is 1. The third-order valence-corrected chi connectivity index (χ3v) is 4.37. The van der Waals surface area contributed by atoms with E-state index in [1.54, 1.807) is 24.7 Å². The van der Waals surface area contributed by atoms with Gasteiger partial charge in [-0.1, -0.05) is 42.6 Å². The van der Waals surface area contributed by atoms with Gasteiger partial charge in [-0.25, -0.2) is 4.99 Å². The molecule has 0 aromatic heterocycles. The fraction of sp³-hybridized carbons (Fsp3) is 0.438. The maximum Gasteiger partial charge on any atom is 0.217 e. The quantitative estimate of drug-likeness (QED) is 0.874. The van der Waals surface area contributed by atoms with Gasteiger partial charge in [0.1, 0.15) is 6.34 Å². The predicted molar refractivity (Wildman–Crippen MR) is 91.3 cm³/mol. The number of ether oxygens (including phenoxy) is 2. The first kappa shape index (κ1) is 16.6. The van der Waals surface area contributed by atoms with Crippen molar-refractivity contribution in [1.82, 2.24) is 10.4 Å². The summed E-state index contributed by atoms with van der Waals surface area (Å²) in [6, 6.07) is 5.37. The van der Waals surface area contributed by atoms with E-state index in [1.165, 1.54) is 0 Å². The number of rotatable bonds is 5. The molecule has 7 heteroatoms. The molecule has 2 aliphatic rings. The Hall–Kier alpha value is -1.27. The molecule has 0 spiro atoms. The highest BCUT2D eigenvalue weighted by Crippen LogP contribution is 2.40. The molecule has 2 atom stereocenters. The summed E-state index contributed by atoms with van der Waals surface area (Å²) in [5.74, 6) is -0.940. The molecular weight excluding hydrogens is 337 g/mol. The van der Waals surface area contributed by atoms with Gasteiger partial charge in [0.05, 0.1) is 24.3 Å². The van der Waals surface area contributed by atoms with Gasteiger partial charge in [0.2, 0.25) is 5.79 Å². The normalized spacial score (nSPS) is 26.6. The molecule has 0 aliphatic carbocycles. The molecule has 0 amide bonds. The summed E-state index contributed by atoms with van der Waals surface area (Å²) in [4.78, 5) is 3.99. The lowest BCUT2D eigenvalue weighted by atomic mass is 10.1. The molecule has 0 bridgehead atoms. The number of hydrogen-bond acceptors (Lipinski definition) is 5. The molecule has 1 fully saturated rings. The summed E-state index contributed by atoms with van der Waals surface area (Å²) in [7, 11) is 0. The lowest BCUT2D eigenvalue weighted by Crippen LogP contribution is -2.46. The van der Waals surface area contributed by atoms with Crippen LogP contribution in [0.1, 0.15) is 25.3 Å². The van der Waals surface area contributed by atoms with Crippen LogP contribution in [0.4, 0.5) is 0 Å². The summed E-state index contributed by atoms with van der Waals surface area (Å²) in [6.07, 6.45) is 7.16. The van der Waals surface area contributed by atoms with Crippen LogP contribution in [0.2, 0.25) is 10.0 Å². The number of hydrazine groups is 1. The summed E-state index contributed by atoms with van der Waals surface area (Å²) in [5.41, 5.74) is 3.82. The molecule has 2 unspecified atom stereocenters. The van der Waals surface area contributed by atoms with Crippen molar-refractivity contribution in [2.24, 2.45) is 4.99 Å². The molecule has 1 aromatic rings. The zero-order chi connectivity index (χ0) is 16.3. The van der Waals surface area contributed by atoms with E-state index in [9.17, 15) is 0 Å². The SMILES string of the molecule is CCCC1COC(CN2C=CN=CN2)(c2ccc(Cl)cc2Cl)O1. The van der Waals surface area contributed by atoms with Crippen LogP contribution in [-0.2, 0) is 15.3 Å². The topological polar surface area (TPSA) is 46.1 Å². The number of aliphatic imine (C=N–C) groups is 1. The van der Waals surface area contributed by atoms with Crippen LogP contribution in [0.3, 0.4) is 0 Å². The van der Waals surface area contributed by atoms with Crippen molar-refractivity contribution in [2.45, 2.75) is 31.7 Å². The Morgan fingerprint density at radius 1 is 1.43 bits per heavy atom. The van der Waals surface area contributed by atoms with Gasteiger partial charge >= 0.3 is 0 Å². The molecule has 3 rings (SSSR count). The highest BCUT2D eigenvalue weighted by Gasteiger charge is 2.45. The minimum absolute atomic E-state index is 0.0502. The molecule has 1 aromatic carbocycles. The van der Waals surface area contributed by atoms with Crippen LogP contribution in [0.5, 0.6) is 0 Å². The summed E-state index contributed by atoms with van der Waals surface area (Å²) in [5, 5.41) is 2.97. The predicted octanol–water partition coefficient (Wildman–Crippen LogP) is 3.68. The highest BCUT2D eigenvalue weighted by molar-refractivity contribution is 6.35. The molecule has 0 saturated carbocycles. The maximum atomic E-state index is 6.41. The molecular formula is C16H19Cl2N3O2. The Morgan fingerprint density at radius 3 is 3.00 bits per heavy atom. The fourth-order valence-corrected chi connectivity index (χ4v) is 3.32. The largest absolute Gasteiger partial charge is 0.342 e. The minimum atomic E-state index is -0.940. The van der Waals surface area contributed by atoms with E-state index in [4.69, 9.17) is 32.7 Å². The first-order valence-corrected chi connectivity index (χ1v) is 8.37. The molecule has 1 saturated heterocycles. The summed E-state index contributed by atoms with van der Waals surface area (Å²) < 4.78 is 12.4. The van der Waals surface area contributed by atoms with E-state index in [0.29, 0.717) is 23.2 Å². The van der Waals surface area contributed by atoms with E-state index in [-0.39, 0.29) is 6.10 Å². The second-order valence-corrected chi connectivity index (χ2v) is 6.39.